The summed E-state index contributed by atoms with van der Waals surface area (Å²) in [6, 6.07) is 7.58. The Morgan fingerprint density at radius 1 is 1.21 bits per heavy atom. The number of carbonyl (C=O) groups is 3. The third-order valence-corrected chi connectivity index (χ3v) is 6.85. The van der Waals surface area contributed by atoms with Crippen LogP contribution in [0.1, 0.15) is 57.9 Å². The fourth-order valence-electron chi connectivity index (χ4n) is 5.12. The van der Waals surface area contributed by atoms with E-state index < -0.39 is 35.6 Å². The van der Waals surface area contributed by atoms with Gasteiger partial charge in [0.1, 0.15) is 12.1 Å². The Labute approximate surface area is 195 Å². The second kappa shape index (κ2) is 11.6. The molecule has 0 aromatic heterocycles. The molecule has 1 aromatic rings. The van der Waals surface area contributed by atoms with E-state index in [2.05, 4.69) is 5.32 Å². The number of amides is 1. The molecule has 0 radical (unpaired) electrons. The van der Waals surface area contributed by atoms with Gasteiger partial charge < -0.3 is 19.5 Å². The van der Waals surface area contributed by atoms with Gasteiger partial charge >= 0.3 is 11.9 Å². The number of hydrogen-bond acceptors (Lipinski definition) is 6. The number of ether oxygens (including phenoxy) is 2. The van der Waals surface area contributed by atoms with E-state index in [0.717, 1.165) is 18.4 Å². The van der Waals surface area contributed by atoms with E-state index >= 15 is 0 Å². The molecule has 0 saturated carbocycles. The molecule has 1 amide bonds. The van der Waals surface area contributed by atoms with Crippen LogP contribution in [-0.2, 0) is 30.3 Å². The van der Waals surface area contributed by atoms with E-state index in [1.165, 1.54) is 0 Å². The van der Waals surface area contributed by atoms with Crippen LogP contribution in [0.15, 0.2) is 30.3 Å². The first-order valence-electron chi connectivity index (χ1n) is 12.0. The molecule has 2 heterocycles. The van der Waals surface area contributed by atoms with Gasteiger partial charge in [-0.25, -0.2) is 4.79 Å². The number of esters is 1. The van der Waals surface area contributed by atoms with E-state index in [1.54, 1.807) is 18.7 Å². The Bertz CT molecular complexity index is 803. The molecule has 33 heavy (non-hydrogen) atoms. The van der Waals surface area contributed by atoms with E-state index in [0.29, 0.717) is 45.3 Å². The summed E-state index contributed by atoms with van der Waals surface area (Å²) in [7, 11) is 0. The molecule has 2 aliphatic rings. The SMILES string of the molecule is CCOC(=O)[C@H](CCc1ccccc1)NC(C)C(=O)N1[C@H](C(=O)O)CCCC12CCOCC2. The van der Waals surface area contributed by atoms with Crippen LogP contribution in [-0.4, -0.2) is 71.3 Å². The summed E-state index contributed by atoms with van der Waals surface area (Å²) in [5.74, 6) is -1.66. The first-order valence-corrected chi connectivity index (χ1v) is 12.0. The molecule has 0 aliphatic carbocycles. The van der Waals surface area contributed by atoms with Gasteiger partial charge in [-0.2, -0.15) is 0 Å². The van der Waals surface area contributed by atoms with Crippen molar-refractivity contribution in [3.8, 4) is 0 Å². The highest BCUT2D eigenvalue weighted by molar-refractivity contribution is 5.88. The van der Waals surface area contributed by atoms with Crippen LogP contribution in [0, 0.1) is 0 Å². The summed E-state index contributed by atoms with van der Waals surface area (Å²) in [5, 5.41) is 13.0. The molecular formula is C25H36N2O6. The quantitative estimate of drug-likeness (QED) is 0.546. The van der Waals surface area contributed by atoms with Crippen LogP contribution < -0.4 is 5.32 Å². The zero-order chi connectivity index (χ0) is 23.8. The monoisotopic (exact) mass is 460 g/mol. The average molecular weight is 461 g/mol. The highest BCUT2D eigenvalue weighted by Crippen LogP contribution is 2.40. The summed E-state index contributed by atoms with van der Waals surface area (Å²) in [4.78, 5) is 40.0. The molecule has 1 spiro atoms. The summed E-state index contributed by atoms with van der Waals surface area (Å²) >= 11 is 0. The standard InChI is InChI=1S/C25H36N2O6/c1-3-33-24(31)20(12-11-19-8-5-4-6-9-19)26-18(2)22(28)27-21(23(29)30)10-7-13-25(27)14-16-32-17-15-25/h4-6,8-9,18,20-21,26H,3,7,10-17H2,1-2H3,(H,29,30)/t18?,20-,21-/m0/s1. The number of aryl methyl sites for hydroxylation is 1. The minimum Gasteiger partial charge on any atom is -0.480 e. The summed E-state index contributed by atoms with van der Waals surface area (Å²) < 4.78 is 10.8. The number of likely N-dealkylation sites (tertiary alicyclic amines) is 1. The third-order valence-electron chi connectivity index (χ3n) is 6.85. The Kier molecular flexibility index (Phi) is 8.86. The first-order chi connectivity index (χ1) is 15.9. The van der Waals surface area contributed by atoms with Crippen molar-refractivity contribution in [2.75, 3.05) is 19.8 Å². The van der Waals surface area contributed by atoms with Crippen LogP contribution >= 0.6 is 0 Å². The van der Waals surface area contributed by atoms with Gasteiger partial charge in [0, 0.05) is 18.8 Å². The lowest BCUT2D eigenvalue weighted by Gasteiger charge is -2.52. The van der Waals surface area contributed by atoms with Crippen LogP contribution in [0.25, 0.3) is 0 Å². The fraction of sp³-hybridized carbons (Fsp3) is 0.640. The largest absolute Gasteiger partial charge is 0.480 e. The summed E-state index contributed by atoms with van der Waals surface area (Å²) in [6.45, 7) is 4.74. The van der Waals surface area contributed by atoms with Gasteiger partial charge in [-0.1, -0.05) is 30.3 Å². The molecule has 3 rings (SSSR count). The van der Waals surface area contributed by atoms with Gasteiger partial charge in [-0.05, 0) is 64.4 Å². The zero-order valence-corrected chi connectivity index (χ0v) is 19.6. The van der Waals surface area contributed by atoms with Gasteiger partial charge in [0.05, 0.1) is 12.6 Å². The van der Waals surface area contributed by atoms with Gasteiger partial charge in [0.15, 0.2) is 0 Å². The van der Waals surface area contributed by atoms with Crippen LogP contribution in [0.3, 0.4) is 0 Å². The minimum absolute atomic E-state index is 0.251. The summed E-state index contributed by atoms with van der Waals surface area (Å²) in [5.41, 5.74) is 0.589. The average Bonchev–Trinajstić information content (AvgIpc) is 2.82. The molecule has 2 aliphatic heterocycles. The van der Waals surface area contributed by atoms with Crippen molar-refractivity contribution in [1.82, 2.24) is 10.2 Å². The first kappa shape index (κ1) is 25.2. The van der Waals surface area contributed by atoms with Crippen LogP contribution in [0.5, 0.6) is 0 Å². The Hall–Kier alpha value is -2.45. The van der Waals surface area contributed by atoms with E-state index in [4.69, 9.17) is 9.47 Å². The van der Waals surface area contributed by atoms with Crippen molar-refractivity contribution < 1.29 is 29.0 Å². The Balaban J connectivity index is 1.77. The topological polar surface area (TPSA) is 105 Å². The van der Waals surface area contributed by atoms with Gasteiger partial charge in [0.2, 0.25) is 5.91 Å². The van der Waals surface area contributed by atoms with E-state index in [9.17, 15) is 19.5 Å². The molecule has 8 nitrogen and oxygen atoms in total. The zero-order valence-electron chi connectivity index (χ0n) is 19.6. The number of rotatable bonds is 9. The predicted octanol–water partition coefficient (Wildman–Crippen LogP) is 2.54. The molecule has 2 saturated heterocycles. The van der Waals surface area contributed by atoms with Crippen molar-refractivity contribution in [2.45, 2.75) is 82.5 Å². The van der Waals surface area contributed by atoms with Gasteiger partial charge in [0.25, 0.3) is 0 Å². The second-order valence-corrected chi connectivity index (χ2v) is 9.01. The number of carboxylic acid groups (broad SMARTS) is 1. The van der Waals surface area contributed by atoms with Crippen molar-refractivity contribution >= 4 is 17.8 Å². The maximum Gasteiger partial charge on any atom is 0.326 e. The van der Waals surface area contributed by atoms with Crippen molar-refractivity contribution in [3.05, 3.63) is 35.9 Å². The van der Waals surface area contributed by atoms with Crippen LogP contribution in [0.2, 0.25) is 0 Å². The lowest BCUT2D eigenvalue weighted by molar-refractivity contribution is -0.167. The number of nitrogens with zero attached hydrogens (tertiary/aromatic N) is 1. The number of benzene rings is 1. The Morgan fingerprint density at radius 2 is 1.91 bits per heavy atom. The highest BCUT2D eigenvalue weighted by atomic mass is 16.5. The number of piperidine rings is 1. The minimum atomic E-state index is -0.980. The maximum atomic E-state index is 13.7. The summed E-state index contributed by atoms with van der Waals surface area (Å²) in [6.07, 6.45) is 4.36. The third kappa shape index (κ3) is 6.12. The lowest BCUT2D eigenvalue weighted by Crippen LogP contribution is -2.66. The van der Waals surface area contributed by atoms with Crippen LogP contribution in [0.4, 0.5) is 0 Å². The van der Waals surface area contributed by atoms with E-state index in [-0.39, 0.29) is 12.5 Å². The normalized spacial score (nSPS) is 21.9. The molecule has 0 bridgehead atoms. The van der Waals surface area contributed by atoms with Gasteiger partial charge in [-0.15, -0.1) is 0 Å². The number of nitrogens with one attached hydrogen (secondary N) is 1. The molecule has 1 unspecified atom stereocenters. The van der Waals surface area contributed by atoms with Crippen molar-refractivity contribution in [3.63, 3.8) is 0 Å². The Morgan fingerprint density at radius 3 is 2.55 bits per heavy atom. The van der Waals surface area contributed by atoms with Gasteiger partial charge in [-0.3, -0.25) is 14.9 Å². The molecular weight excluding hydrogens is 424 g/mol. The van der Waals surface area contributed by atoms with E-state index in [1.807, 2.05) is 30.3 Å². The molecule has 2 fully saturated rings. The number of carboxylic acids is 1. The molecule has 182 valence electrons. The highest BCUT2D eigenvalue weighted by Gasteiger charge is 2.50. The number of carbonyl (C=O) groups excluding carboxylic acids is 2. The molecule has 2 N–H and O–H groups in total. The smallest absolute Gasteiger partial charge is 0.326 e. The molecule has 3 atom stereocenters. The van der Waals surface area contributed by atoms with Crippen molar-refractivity contribution in [1.29, 1.82) is 0 Å². The molecule has 1 aromatic carbocycles. The molecule has 8 heteroatoms. The lowest BCUT2D eigenvalue weighted by atomic mass is 9.77. The maximum absolute atomic E-state index is 13.7. The second-order valence-electron chi connectivity index (χ2n) is 9.01. The fourth-order valence-corrected chi connectivity index (χ4v) is 5.12. The predicted molar refractivity (Wildman–Crippen MR) is 123 cm³/mol. The number of hydrogen-bond donors (Lipinski definition) is 2. The van der Waals surface area contributed by atoms with Crippen molar-refractivity contribution in [2.24, 2.45) is 0 Å². The number of aliphatic carboxylic acids is 1.